The SMILES string of the molecule is COc1ccc(C(=O)C2CCN(C(=O)c3ccc(C)cn3)CC2)cc1. The summed E-state index contributed by atoms with van der Waals surface area (Å²) >= 11 is 0. The largest absolute Gasteiger partial charge is 0.497 e. The Morgan fingerprint density at radius 1 is 1.08 bits per heavy atom. The molecule has 1 amide bonds. The number of nitrogens with zero attached hydrogens (tertiary/aromatic N) is 2. The van der Waals surface area contributed by atoms with E-state index in [9.17, 15) is 9.59 Å². The number of aromatic nitrogens is 1. The fourth-order valence-electron chi connectivity index (χ4n) is 3.09. The first-order chi connectivity index (χ1) is 12.1. The van der Waals surface area contributed by atoms with Crippen molar-refractivity contribution in [3.63, 3.8) is 0 Å². The smallest absolute Gasteiger partial charge is 0.272 e. The minimum atomic E-state index is -0.0599. The molecule has 5 nitrogen and oxygen atoms in total. The van der Waals surface area contributed by atoms with Crippen LogP contribution in [0.4, 0.5) is 0 Å². The van der Waals surface area contributed by atoms with Crippen molar-refractivity contribution in [1.82, 2.24) is 9.88 Å². The molecule has 1 saturated heterocycles. The molecular formula is C20H22N2O3. The summed E-state index contributed by atoms with van der Waals surface area (Å²) in [6, 6.07) is 10.8. The van der Waals surface area contributed by atoms with Gasteiger partial charge in [-0.25, -0.2) is 0 Å². The Hall–Kier alpha value is -2.69. The van der Waals surface area contributed by atoms with Gasteiger partial charge in [0.15, 0.2) is 5.78 Å². The highest BCUT2D eigenvalue weighted by Crippen LogP contribution is 2.24. The van der Waals surface area contributed by atoms with Crippen molar-refractivity contribution in [2.24, 2.45) is 5.92 Å². The van der Waals surface area contributed by atoms with Gasteiger partial charge < -0.3 is 9.64 Å². The predicted molar refractivity (Wildman–Crippen MR) is 94.9 cm³/mol. The summed E-state index contributed by atoms with van der Waals surface area (Å²) in [5, 5.41) is 0. The maximum absolute atomic E-state index is 12.6. The average molecular weight is 338 g/mol. The minimum absolute atomic E-state index is 0.0385. The standard InChI is InChI=1S/C20H22N2O3/c1-14-3-8-18(21-13-14)20(24)22-11-9-16(10-12-22)19(23)15-4-6-17(25-2)7-5-15/h3-8,13,16H,9-12H2,1-2H3. The number of hydrogen-bond donors (Lipinski definition) is 0. The van der Waals surface area contributed by atoms with Crippen LogP contribution in [0.3, 0.4) is 0 Å². The van der Waals surface area contributed by atoms with E-state index in [1.54, 1.807) is 48.5 Å². The fraction of sp³-hybridized carbons (Fsp3) is 0.350. The van der Waals surface area contributed by atoms with Gasteiger partial charge in [0.2, 0.25) is 0 Å². The lowest BCUT2D eigenvalue weighted by Gasteiger charge is -2.31. The van der Waals surface area contributed by atoms with Gasteiger partial charge in [-0.1, -0.05) is 6.07 Å². The summed E-state index contributed by atoms with van der Waals surface area (Å²) in [5.41, 5.74) is 2.19. The number of aryl methyl sites for hydroxylation is 1. The Morgan fingerprint density at radius 3 is 2.32 bits per heavy atom. The van der Waals surface area contributed by atoms with Crippen molar-refractivity contribution in [3.05, 3.63) is 59.4 Å². The maximum atomic E-state index is 12.6. The van der Waals surface area contributed by atoms with Crippen molar-refractivity contribution in [3.8, 4) is 5.75 Å². The van der Waals surface area contributed by atoms with Crippen LogP contribution in [0.25, 0.3) is 0 Å². The monoisotopic (exact) mass is 338 g/mol. The first-order valence-electron chi connectivity index (χ1n) is 8.48. The van der Waals surface area contributed by atoms with Gasteiger partial charge in [0.1, 0.15) is 11.4 Å². The molecular weight excluding hydrogens is 316 g/mol. The summed E-state index contributed by atoms with van der Waals surface area (Å²) < 4.78 is 5.12. The van der Waals surface area contributed by atoms with E-state index >= 15 is 0 Å². The lowest BCUT2D eigenvalue weighted by atomic mass is 9.88. The zero-order valence-electron chi connectivity index (χ0n) is 14.6. The summed E-state index contributed by atoms with van der Waals surface area (Å²) in [5.74, 6) is 0.782. The third kappa shape index (κ3) is 3.87. The number of piperidine rings is 1. The van der Waals surface area contributed by atoms with E-state index in [1.807, 2.05) is 13.0 Å². The number of rotatable bonds is 4. The van der Waals surface area contributed by atoms with Crippen LogP contribution in [0.2, 0.25) is 0 Å². The van der Waals surface area contributed by atoms with Crippen LogP contribution in [0.5, 0.6) is 5.75 Å². The zero-order chi connectivity index (χ0) is 17.8. The van der Waals surface area contributed by atoms with Crippen LogP contribution < -0.4 is 4.74 Å². The van der Waals surface area contributed by atoms with Gasteiger partial charge in [-0.05, 0) is 55.7 Å². The molecule has 2 aromatic rings. The summed E-state index contributed by atoms with van der Waals surface area (Å²) in [7, 11) is 1.60. The van der Waals surface area contributed by atoms with Gasteiger partial charge in [0, 0.05) is 30.8 Å². The second-order valence-electron chi connectivity index (χ2n) is 6.38. The quantitative estimate of drug-likeness (QED) is 0.804. The number of amides is 1. The predicted octanol–water partition coefficient (Wildman–Crippen LogP) is 3.13. The fourth-order valence-corrected chi connectivity index (χ4v) is 3.09. The second kappa shape index (κ2) is 7.47. The van der Waals surface area contributed by atoms with Crippen LogP contribution in [0.1, 0.15) is 39.3 Å². The number of carbonyl (C=O) groups excluding carboxylic acids is 2. The van der Waals surface area contributed by atoms with E-state index < -0.39 is 0 Å². The number of ether oxygens (including phenoxy) is 1. The van der Waals surface area contributed by atoms with Gasteiger partial charge in [-0.15, -0.1) is 0 Å². The molecule has 0 atom stereocenters. The molecule has 0 radical (unpaired) electrons. The lowest BCUT2D eigenvalue weighted by Crippen LogP contribution is -2.40. The van der Waals surface area contributed by atoms with Crippen LogP contribution in [0.15, 0.2) is 42.6 Å². The molecule has 1 aromatic carbocycles. The molecule has 0 aliphatic carbocycles. The van der Waals surface area contributed by atoms with Gasteiger partial charge in [-0.2, -0.15) is 0 Å². The minimum Gasteiger partial charge on any atom is -0.497 e. The van der Waals surface area contributed by atoms with Gasteiger partial charge in [0.25, 0.3) is 5.91 Å². The Labute approximate surface area is 147 Å². The van der Waals surface area contributed by atoms with Crippen LogP contribution in [0, 0.1) is 12.8 Å². The van der Waals surface area contributed by atoms with E-state index in [0.717, 1.165) is 11.3 Å². The summed E-state index contributed by atoms with van der Waals surface area (Å²) in [4.78, 5) is 31.1. The first kappa shape index (κ1) is 17.1. The zero-order valence-corrected chi connectivity index (χ0v) is 14.6. The van der Waals surface area contributed by atoms with Gasteiger partial charge in [0.05, 0.1) is 7.11 Å². The van der Waals surface area contributed by atoms with E-state index in [2.05, 4.69) is 4.98 Å². The van der Waals surface area contributed by atoms with Crippen molar-refractivity contribution in [2.75, 3.05) is 20.2 Å². The number of carbonyl (C=O) groups is 2. The number of likely N-dealkylation sites (tertiary alicyclic amines) is 1. The Balaban J connectivity index is 1.60. The summed E-state index contributed by atoms with van der Waals surface area (Å²) in [6.07, 6.45) is 3.07. The van der Waals surface area contributed by atoms with Gasteiger partial charge >= 0.3 is 0 Å². The first-order valence-corrected chi connectivity index (χ1v) is 8.48. The Kier molecular flexibility index (Phi) is 5.12. The van der Waals surface area contributed by atoms with E-state index in [4.69, 9.17) is 4.74 Å². The third-order valence-electron chi connectivity index (χ3n) is 4.66. The van der Waals surface area contributed by atoms with Crippen LogP contribution in [-0.2, 0) is 0 Å². The molecule has 0 N–H and O–H groups in total. The molecule has 1 aromatic heterocycles. The van der Waals surface area contributed by atoms with E-state index in [1.165, 1.54) is 0 Å². The number of ketones is 1. The number of hydrogen-bond acceptors (Lipinski definition) is 4. The molecule has 5 heteroatoms. The van der Waals surface area contributed by atoms with Crippen molar-refractivity contribution < 1.29 is 14.3 Å². The number of pyridine rings is 1. The molecule has 130 valence electrons. The third-order valence-corrected chi connectivity index (χ3v) is 4.66. The molecule has 0 unspecified atom stereocenters. The molecule has 1 fully saturated rings. The molecule has 1 aliphatic heterocycles. The van der Waals surface area contributed by atoms with Crippen molar-refractivity contribution in [1.29, 1.82) is 0 Å². The topological polar surface area (TPSA) is 59.5 Å². The van der Waals surface area contributed by atoms with E-state index in [0.29, 0.717) is 37.2 Å². The Morgan fingerprint density at radius 2 is 1.76 bits per heavy atom. The number of Topliss-reactive ketones (excluding diaryl/α,β-unsaturated/α-hetero) is 1. The normalized spacial score (nSPS) is 15.0. The van der Waals surface area contributed by atoms with Gasteiger partial charge in [-0.3, -0.25) is 14.6 Å². The molecule has 0 bridgehead atoms. The molecule has 2 heterocycles. The Bertz CT molecular complexity index is 746. The lowest BCUT2D eigenvalue weighted by molar-refractivity contribution is 0.0645. The maximum Gasteiger partial charge on any atom is 0.272 e. The van der Waals surface area contributed by atoms with Crippen LogP contribution >= 0.6 is 0 Å². The number of methoxy groups -OCH3 is 1. The molecule has 0 spiro atoms. The molecule has 3 rings (SSSR count). The van der Waals surface area contributed by atoms with Crippen molar-refractivity contribution in [2.45, 2.75) is 19.8 Å². The summed E-state index contributed by atoms with van der Waals surface area (Å²) in [6.45, 7) is 3.11. The van der Waals surface area contributed by atoms with E-state index in [-0.39, 0.29) is 17.6 Å². The highest BCUT2D eigenvalue weighted by Gasteiger charge is 2.28. The average Bonchev–Trinajstić information content (AvgIpc) is 2.67. The van der Waals surface area contributed by atoms with Crippen molar-refractivity contribution >= 4 is 11.7 Å². The second-order valence-corrected chi connectivity index (χ2v) is 6.38. The highest BCUT2D eigenvalue weighted by atomic mass is 16.5. The molecule has 1 aliphatic rings. The highest BCUT2D eigenvalue weighted by molar-refractivity contribution is 5.98. The number of benzene rings is 1. The molecule has 0 saturated carbocycles. The molecule has 25 heavy (non-hydrogen) atoms. The van der Waals surface area contributed by atoms with Crippen LogP contribution in [-0.4, -0.2) is 41.8 Å².